The summed E-state index contributed by atoms with van der Waals surface area (Å²) in [5, 5.41) is 10.9. The van der Waals surface area contributed by atoms with Crippen molar-refractivity contribution in [1.29, 1.82) is 0 Å². The van der Waals surface area contributed by atoms with E-state index in [0.717, 1.165) is 37.1 Å². The molecule has 36 heavy (non-hydrogen) atoms. The summed E-state index contributed by atoms with van der Waals surface area (Å²) in [4.78, 5) is 2.05. The molecule has 6 nitrogen and oxygen atoms in total. The Hall–Kier alpha value is -2.23. The van der Waals surface area contributed by atoms with E-state index in [0.29, 0.717) is 23.5 Å². The van der Waals surface area contributed by atoms with Crippen LogP contribution in [-0.4, -0.2) is 50.5 Å². The Morgan fingerprint density at radius 3 is 2.44 bits per heavy atom. The number of hydrogen-bond donors (Lipinski definition) is 1. The van der Waals surface area contributed by atoms with E-state index in [9.17, 15) is 22.3 Å². The van der Waals surface area contributed by atoms with Crippen LogP contribution in [0.25, 0.3) is 0 Å². The lowest BCUT2D eigenvalue weighted by Gasteiger charge is -2.47. The number of hydrogen-bond acceptors (Lipinski definition) is 6. The van der Waals surface area contributed by atoms with Gasteiger partial charge in [-0.3, -0.25) is 4.90 Å². The van der Waals surface area contributed by atoms with Gasteiger partial charge in [0.2, 0.25) is 9.84 Å². The molecule has 0 bridgehead atoms. The van der Waals surface area contributed by atoms with Gasteiger partial charge in [-0.15, -0.1) is 0 Å². The molecule has 0 amide bonds. The lowest BCUT2D eigenvalue weighted by molar-refractivity contribution is -0.0259. The van der Waals surface area contributed by atoms with Gasteiger partial charge >= 0.3 is 5.76 Å². The number of benzene rings is 2. The Morgan fingerprint density at radius 1 is 1.14 bits per heavy atom. The van der Waals surface area contributed by atoms with Crippen LogP contribution in [-0.2, 0) is 22.9 Å². The molecule has 1 fully saturated rings. The van der Waals surface area contributed by atoms with Crippen molar-refractivity contribution in [3.63, 3.8) is 0 Å². The molecule has 0 spiro atoms. The predicted molar refractivity (Wildman–Crippen MR) is 133 cm³/mol. The van der Waals surface area contributed by atoms with Crippen LogP contribution in [0.4, 0.5) is 8.78 Å². The first kappa shape index (κ1) is 26.8. The molecule has 9 heteroatoms. The molecular formula is C27H35F2NO5S. The third-order valence-corrected chi connectivity index (χ3v) is 8.53. The minimum atomic E-state index is -4.62. The van der Waals surface area contributed by atoms with Gasteiger partial charge in [0.05, 0.1) is 18.1 Å². The van der Waals surface area contributed by atoms with Crippen molar-refractivity contribution in [3.8, 4) is 11.5 Å². The van der Waals surface area contributed by atoms with Gasteiger partial charge in [0.1, 0.15) is 6.61 Å². The smallest absolute Gasteiger partial charge is 0.341 e. The molecule has 2 aliphatic rings. The van der Waals surface area contributed by atoms with E-state index in [-0.39, 0.29) is 30.1 Å². The molecule has 198 valence electrons. The van der Waals surface area contributed by atoms with Crippen LogP contribution in [0.2, 0.25) is 0 Å². The molecule has 1 saturated heterocycles. The van der Waals surface area contributed by atoms with Crippen molar-refractivity contribution in [2.24, 2.45) is 11.3 Å². The topological polar surface area (TPSA) is 76.1 Å². The third-order valence-electron chi connectivity index (χ3n) is 7.13. The second-order valence-corrected chi connectivity index (χ2v) is 12.9. The van der Waals surface area contributed by atoms with Crippen LogP contribution in [0.15, 0.2) is 41.3 Å². The van der Waals surface area contributed by atoms with Crippen LogP contribution < -0.4 is 9.47 Å². The average Bonchev–Trinajstić information content (AvgIpc) is 2.82. The highest BCUT2D eigenvalue weighted by atomic mass is 32.2. The number of ether oxygens (including phenoxy) is 2. The van der Waals surface area contributed by atoms with Crippen molar-refractivity contribution in [3.05, 3.63) is 53.1 Å². The van der Waals surface area contributed by atoms with E-state index in [1.54, 1.807) is 7.11 Å². The average molecular weight is 524 g/mol. The van der Waals surface area contributed by atoms with Gasteiger partial charge in [-0.25, -0.2) is 8.42 Å². The first-order valence-electron chi connectivity index (χ1n) is 12.3. The molecule has 1 N–H and O–H groups in total. The molecule has 0 unspecified atom stereocenters. The largest absolute Gasteiger partial charge is 0.493 e. The van der Waals surface area contributed by atoms with E-state index >= 15 is 0 Å². The highest BCUT2D eigenvalue weighted by molar-refractivity contribution is 7.91. The number of aliphatic hydroxyl groups is 1. The van der Waals surface area contributed by atoms with Crippen molar-refractivity contribution in [1.82, 2.24) is 4.90 Å². The maximum Gasteiger partial charge on any atom is 0.341 e. The van der Waals surface area contributed by atoms with Crippen molar-refractivity contribution in [2.75, 3.05) is 20.2 Å². The molecule has 2 aromatic carbocycles. The zero-order chi connectivity index (χ0) is 26.3. The summed E-state index contributed by atoms with van der Waals surface area (Å²) in [6.07, 6.45) is 2.18. The normalized spacial score (nSPS) is 22.7. The molecule has 2 heterocycles. The van der Waals surface area contributed by atoms with Gasteiger partial charge < -0.3 is 14.6 Å². The second kappa shape index (κ2) is 10.3. The lowest BCUT2D eigenvalue weighted by atomic mass is 9.75. The van der Waals surface area contributed by atoms with Crippen molar-refractivity contribution < 1.29 is 31.8 Å². The minimum absolute atomic E-state index is 0.132. The van der Waals surface area contributed by atoms with Gasteiger partial charge in [0.15, 0.2) is 11.5 Å². The first-order chi connectivity index (χ1) is 16.9. The summed E-state index contributed by atoms with van der Waals surface area (Å²) in [5.41, 5.74) is 3.13. The zero-order valence-electron chi connectivity index (χ0n) is 21.2. The summed E-state index contributed by atoms with van der Waals surface area (Å²) in [6.45, 7) is 8.56. The number of halogens is 2. The maximum atomic E-state index is 12.8. The Morgan fingerprint density at radius 2 is 1.83 bits per heavy atom. The summed E-state index contributed by atoms with van der Waals surface area (Å²) >= 11 is 0. The quantitative estimate of drug-likeness (QED) is 0.551. The highest BCUT2D eigenvalue weighted by Crippen LogP contribution is 2.44. The fraction of sp³-hybridized carbons (Fsp3) is 0.556. The summed E-state index contributed by atoms with van der Waals surface area (Å²) < 4.78 is 60.4. The Bertz CT molecular complexity index is 1180. The number of fused-ring (bicyclic) bond motifs is 3. The summed E-state index contributed by atoms with van der Waals surface area (Å²) in [7, 11) is -3.05. The molecule has 2 aliphatic heterocycles. The molecule has 2 aromatic rings. The van der Waals surface area contributed by atoms with Gasteiger partial charge in [-0.05, 0) is 71.6 Å². The second-order valence-electron chi connectivity index (χ2n) is 11.0. The zero-order valence-corrected chi connectivity index (χ0v) is 22.0. The molecule has 0 aliphatic carbocycles. The monoisotopic (exact) mass is 523 g/mol. The number of sulfone groups is 1. The van der Waals surface area contributed by atoms with Crippen molar-refractivity contribution in [2.45, 2.75) is 69.4 Å². The fourth-order valence-corrected chi connectivity index (χ4v) is 6.12. The number of piperidine rings is 1. The van der Waals surface area contributed by atoms with Crippen LogP contribution in [0, 0.1) is 11.3 Å². The molecule has 4 rings (SSSR count). The van der Waals surface area contributed by atoms with Gasteiger partial charge in [0.25, 0.3) is 0 Å². The SMILES string of the molecule is COc1cc2c(cc1OCc1ccc(S(=O)(=O)C(F)F)cc1)CCN1C[C@@H](CC(C)(C)C)[C@H](O)C[C@H]21. The van der Waals surface area contributed by atoms with Crippen molar-refractivity contribution >= 4 is 9.84 Å². The first-order valence-corrected chi connectivity index (χ1v) is 13.8. The van der Waals surface area contributed by atoms with E-state index in [2.05, 4.69) is 25.7 Å². The van der Waals surface area contributed by atoms with E-state index < -0.39 is 20.5 Å². The number of alkyl halides is 2. The van der Waals surface area contributed by atoms with Gasteiger partial charge in [-0.1, -0.05) is 32.9 Å². The fourth-order valence-electron chi connectivity index (χ4n) is 5.40. The molecular weight excluding hydrogens is 488 g/mol. The van der Waals surface area contributed by atoms with E-state index in [4.69, 9.17) is 9.47 Å². The summed E-state index contributed by atoms with van der Waals surface area (Å²) in [6, 6.07) is 9.38. The van der Waals surface area contributed by atoms with Crippen LogP contribution in [0.5, 0.6) is 11.5 Å². The minimum Gasteiger partial charge on any atom is -0.493 e. The predicted octanol–water partition coefficient (Wildman–Crippen LogP) is 4.99. The Balaban J connectivity index is 1.49. The number of aliphatic hydroxyl groups excluding tert-OH is 1. The highest BCUT2D eigenvalue weighted by Gasteiger charge is 2.39. The van der Waals surface area contributed by atoms with Crippen LogP contribution in [0.1, 0.15) is 56.3 Å². The molecule has 0 saturated carbocycles. The Labute approximate surface area is 212 Å². The van der Waals surface area contributed by atoms with E-state index in [1.807, 2.05) is 12.1 Å². The number of rotatable bonds is 7. The Kier molecular flexibility index (Phi) is 7.65. The maximum absolute atomic E-state index is 12.8. The lowest BCUT2D eigenvalue weighted by Crippen LogP contribution is -2.48. The number of nitrogens with zero attached hydrogens (tertiary/aromatic N) is 1. The number of methoxy groups -OCH3 is 1. The van der Waals surface area contributed by atoms with Crippen LogP contribution in [0.3, 0.4) is 0 Å². The van der Waals surface area contributed by atoms with Gasteiger partial charge in [0, 0.05) is 19.1 Å². The molecule has 3 atom stereocenters. The summed E-state index contributed by atoms with van der Waals surface area (Å²) in [5.74, 6) is -2.05. The van der Waals surface area contributed by atoms with Crippen LogP contribution >= 0.6 is 0 Å². The van der Waals surface area contributed by atoms with E-state index in [1.165, 1.54) is 24.3 Å². The molecule has 0 radical (unpaired) electrons. The standard InChI is InChI=1S/C27H35F2NO5S/c1-27(2,3)14-19-15-30-10-9-18-11-25(24(34-4)12-21(18)22(30)13-23(19)31)35-16-17-5-7-20(8-6-17)36(32,33)26(28)29/h5-8,11-12,19,22-23,26,31H,9-10,13-16H2,1-4H3/t19-,22-,23-/m1/s1. The third kappa shape index (κ3) is 5.68. The molecule has 0 aromatic heterocycles. The van der Waals surface area contributed by atoms with Gasteiger partial charge in [-0.2, -0.15) is 8.78 Å².